The van der Waals surface area contributed by atoms with Gasteiger partial charge in [0, 0.05) is 18.9 Å². The molecule has 0 aliphatic carbocycles. The summed E-state index contributed by atoms with van der Waals surface area (Å²) in [6.45, 7) is 0. The Kier molecular flexibility index (Phi) is 7.13. The monoisotopic (exact) mass is 275 g/mol. The lowest BCUT2D eigenvalue weighted by atomic mass is 10.3. The number of rotatable bonds is 6. The van der Waals surface area contributed by atoms with Crippen molar-refractivity contribution in [3.05, 3.63) is 0 Å². The molecular weight excluding hydrogens is 262 g/mol. The van der Waals surface area contributed by atoms with Crippen molar-refractivity contribution in [1.82, 2.24) is 3.71 Å². The van der Waals surface area contributed by atoms with Gasteiger partial charge in [-0.15, -0.1) is 0 Å². The molecule has 0 amide bonds. The molecule has 4 nitrogen and oxygen atoms in total. The van der Waals surface area contributed by atoms with E-state index in [2.05, 4.69) is 0 Å². The van der Waals surface area contributed by atoms with Gasteiger partial charge < -0.3 is 0 Å². The molecular formula is C6H13NO3S4. The predicted octanol–water partition coefficient (Wildman–Crippen LogP) is 1.84. The lowest BCUT2D eigenvalue weighted by Gasteiger charge is -2.17. The van der Waals surface area contributed by atoms with E-state index in [1.165, 1.54) is 23.9 Å². The first kappa shape index (κ1) is 14.5. The summed E-state index contributed by atoms with van der Waals surface area (Å²) >= 11 is 8.03. The molecule has 0 rings (SSSR count). The summed E-state index contributed by atoms with van der Waals surface area (Å²) in [6, 6.07) is 0. The van der Waals surface area contributed by atoms with Gasteiger partial charge in [-0.3, -0.25) is 8.26 Å². The normalized spacial score (nSPS) is 11.4. The van der Waals surface area contributed by atoms with E-state index in [9.17, 15) is 8.42 Å². The number of thiocarbonyl (C=S) groups is 1. The SMILES string of the molecule is CSN(SC)C(=S)CCCS(=O)(=O)O. The zero-order chi connectivity index (χ0) is 11.2. The second kappa shape index (κ2) is 6.89. The van der Waals surface area contributed by atoms with Gasteiger partial charge in [0.1, 0.15) is 0 Å². The van der Waals surface area contributed by atoms with Crippen molar-refractivity contribution in [1.29, 1.82) is 0 Å². The van der Waals surface area contributed by atoms with Gasteiger partial charge in [0.05, 0.1) is 10.7 Å². The second-order valence-electron chi connectivity index (χ2n) is 2.41. The van der Waals surface area contributed by atoms with Crippen LogP contribution in [0, 0.1) is 0 Å². The molecule has 0 spiro atoms. The van der Waals surface area contributed by atoms with E-state index in [1.54, 1.807) is 0 Å². The van der Waals surface area contributed by atoms with Gasteiger partial charge in [0.15, 0.2) is 0 Å². The van der Waals surface area contributed by atoms with Crippen molar-refractivity contribution in [3.8, 4) is 0 Å². The molecule has 84 valence electrons. The van der Waals surface area contributed by atoms with Crippen LogP contribution in [0.2, 0.25) is 0 Å². The van der Waals surface area contributed by atoms with Crippen LogP contribution in [0.4, 0.5) is 0 Å². The lowest BCUT2D eigenvalue weighted by molar-refractivity contribution is 0.481. The molecule has 0 heterocycles. The van der Waals surface area contributed by atoms with Crippen molar-refractivity contribution < 1.29 is 13.0 Å². The third kappa shape index (κ3) is 6.88. The van der Waals surface area contributed by atoms with Crippen LogP contribution in [-0.4, -0.2) is 39.9 Å². The minimum Gasteiger partial charge on any atom is -0.286 e. The van der Waals surface area contributed by atoms with Crippen LogP contribution in [-0.2, 0) is 10.1 Å². The quantitative estimate of drug-likeness (QED) is 0.451. The smallest absolute Gasteiger partial charge is 0.264 e. The van der Waals surface area contributed by atoms with Crippen LogP contribution >= 0.6 is 36.1 Å². The number of nitrogens with zero attached hydrogens (tertiary/aromatic N) is 1. The number of hydrogen-bond acceptors (Lipinski definition) is 5. The minimum atomic E-state index is -3.85. The fourth-order valence-electron chi connectivity index (χ4n) is 0.775. The Bertz CT molecular complexity index is 273. The molecule has 0 unspecified atom stereocenters. The van der Waals surface area contributed by atoms with Crippen LogP contribution in [0.3, 0.4) is 0 Å². The van der Waals surface area contributed by atoms with Gasteiger partial charge in [0.2, 0.25) is 0 Å². The lowest BCUT2D eigenvalue weighted by Crippen LogP contribution is -2.15. The van der Waals surface area contributed by atoms with E-state index in [4.69, 9.17) is 16.8 Å². The first-order valence-electron chi connectivity index (χ1n) is 3.77. The van der Waals surface area contributed by atoms with Gasteiger partial charge >= 0.3 is 0 Å². The molecule has 0 fully saturated rings. The fourth-order valence-corrected chi connectivity index (χ4v) is 3.06. The summed E-state index contributed by atoms with van der Waals surface area (Å²) in [5.74, 6) is -0.232. The van der Waals surface area contributed by atoms with E-state index < -0.39 is 10.1 Å². The van der Waals surface area contributed by atoms with E-state index >= 15 is 0 Å². The Morgan fingerprint density at radius 3 is 2.29 bits per heavy atom. The molecule has 8 heteroatoms. The Labute approximate surface area is 98.8 Å². The Morgan fingerprint density at radius 2 is 1.93 bits per heavy atom. The second-order valence-corrected chi connectivity index (χ2v) is 6.14. The van der Waals surface area contributed by atoms with Gasteiger partial charge in [0.25, 0.3) is 10.1 Å². The third-order valence-corrected chi connectivity index (χ3v) is 4.75. The summed E-state index contributed by atoms with van der Waals surface area (Å²) in [5.41, 5.74) is 0. The zero-order valence-electron chi connectivity index (χ0n) is 7.97. The summed E-state index contributed by atoms with van der Waals surface area (Å²) in [7, 11) is -3.85. The molecule has 0 aliphatic rings. The Balaban J connectivity index is 3.85. The van der Waals surface area contributed by atoms with Gasteiger partial charge in [-0.1, -0.05) is 12.2 Å². The van der Waals surface area contributed by atoms with Gasteiger partial charge in [-0.05, 0) is 30.3 Å². The number of hydrogen-bond donors (Lipinski definition) is 1. The first-order chi connectivity index (χ1) is 6.40. The summed E-state index contributed by atoms with van der Waals surface area (Å²) in [6.07, 6.45) is 4.64. The van der Waals surface area contributed by atoms with E-state index in [0.29, 0.717) is 17.8 Å². The molecule has 0 atom stereocenters. The highest BCUT2D eigenvalue weighted by Gasteiger charge is 2.09. The van der Waals surface area contributed by atoms with Gasteiger partial charge in [-0.25, -0.2) is 0 Å². The summed E-state index contributed by atoms with van der Waals surface area (Å²) < 4.78 is 31.1. The molecule has 0 aliphatic heterocycles. The van der Waals surface area contributed by atoms with Crippen molar-refractivity contribution in [2.45, 2.75) is 12.8 Å². The molecule has 0 radical (unpaired) electrons. The molecule has 0 aromatic carbocycles. The molecule has 0 bridgehead atoms. The Morgan fingerprint density at radius 1 is 1.43 bits per heavy atom. The molecule has 0 aromatic rings. The minimum absolute atomic E-state index is 0.232. The van der Waals surface area contributed by atoms with E-state index in [-0.39, 0.29) is 5.75 Å². The maximum Gasteiger partial charge on any atom is 0.264 e. The molecule has 0 saturated carbocycles. The van der Waals surface area contributed by atoms with Crippen molar-refractivity contribution in [2.24, 2.45) is 0 Å². The summed E-state index contributed by atoms with van der Waals surface area (Å²) in [4.78, 5) is 0.689. The average molecular weight is 275 g/mol. The third-order valence-electron chi connectivity index (χ3n) is 1.33. The van der Waals surface area contributed by atoms with Crippen molar-refractivity contribution in [2.75, 3.05) is 18.3 Å². The first-order valence-corrected chi connectivity index (χ1v) is 8.15. The maximum atomic E-state index is 10.4. The van der Waals surface area contributed by atoms with Crippen LogP contribution < -0.4 is 0 Å². The van der Waals surface area contributed by atoms with Crippen LogP contribution in [0.5, 0.6) is 0 Å². The zero-order valence-corrected chi connectivity index (χ0v) is 11.2. The molecule has 1 N–H and O–H groups in total. The van der Waals surface area contributed by atoms with E-state index in [0.717, 1.165) is 0 Å². The van der Waals surface area contributed by atoms with Crippen LogP contribution in [0.25, 0.3) is 0 Å². The molecule has 0 aromatic heterocycles. The standard InChI is InChI=1S/C6H13NO3S4/c1-12-7(13-2)6(11)4-3-5-14(8,9)10/h3-5H2,1-2H3,(H,8,9,10). The topological polar surface area (TPSA) is 57.6 Å². The molecule has 0 saturated heterocycles. The van der Waals surface area contributed by atoms with Crippen LogP contribution in [0.1, 0.15) is 12.8 Å². The fraction of sp³-hybridized carbons (Fsp3) is 0.833. The highest BCUT2D eigenvalue weighted by molar-refractivity contribution is 8.13. The average Bonchev–Trinajstić information content (AvgIpc) is 2.04. The highest BCUT2D eigenvalue weighted by Crippen LogP contribution is 2.19. The highest BCUT2D eigenvalue weighted by atomic mass is 32.2. The van der Waals surface area contributed by atoms with Crippen molar-refractivity contribution in [3.63, 3.8) is 0 Å². The summed E-state index contributed by atoms with van der Waals surface area (Å²) in [5, 5.41) is 0. The molecule has 14 heavy (non-hydrogen) atoms. The predicted molar refractivity (Wildman–Crippen MR) is 67.1 cm³/mol. The van der Waals surface area contributed by atoms with Gasteiger partial charge in [-0.2, -0.15) is 8.42 Å². The maximum absolute atomic E-state index is 10.4. The Hall–Kier alpha value is 0.500. The largest absolute Gasteiger partial charge is 0.286 e. The van der Waals surface area contributed by atoms with E-state index in [1.807, 2.05) is 16.2 Å². The van der Waals surface area contributed by atoms with Crippen molar-refractivity contribution >= 4 is 51.2 Å². The van der Waals surface area contributed by atoms with Crippen LogP contribution in [0.15, 0.2) is 0 Å².